The fraction of sp³-hybridized carbons (Fsp3) is 0.125. The molecule has 0 spiro atoms. The van der Waals surface area contributed by atoms with Crippen LogP contribution in [0.4, 0.5) is 5.69 Å². The summed E-state index contributed by atoms with van der Waals surface area (Å²) in [6.07, 6.45) is 0. The van der Waals surface area contributed by atoms with Gasteiger partial charge in [0.1, 0.15) is 0 Å². The molecule has 0 bridgehead atoms. The highest BCUT2D eigenvalue weighted by Gasteiger charge is 2.11. The zero-order valence-corrected chi connectivity index (χ0v) is 14.1. The SMILES string of the molecule is CC(=O)Nc1ccc(SCC(=O)c2ccc(Cl)cc2Cl)cc1. The molecule has 0 unspecified atom stereocenters. The summed E-state index contributed by atoms with van der Waals surface area (Å²) in [7, 11) is 0. The molecule has 3 nitrogen and oxygen atoms in total. The Morgan fingerprint density at radius 1 is 1.09 bits per heavy atom. The van der Waals surface area contributed by atoms with Crippen LogP contribution < -0.4 is 5.32 Å². The zero-order valence-electron chi connectivity index (χ0n) is 11.7. The molecule has 0 fully saturated rings. The van der Waals surface area contributed by atoms with Gasteiger partial charge in [0.15, 0.2) is 5.78 Å². The molecule has 2 aromatic rings. The Morgan fingerprint density at radius 2 is 1.77 bits per heavy atom. The summed E-state index contributed by atoms with van der Waals surface area (Å²) in [5, 5.41) is 3.55. The molecule has 1 amide bonds. The van der Waals surface area contributed by atoms with E-state index in [1.165, 1.54) is 18.7 Å². The lowest BCUT2D eigenvalue weighted by atomic mass is 10.1. The minimum absolute atomic E-state index is 0.0578. The molecule has 2 aromatic carbocycles. The van der Waals surface area contributed by atoms with Crippen LogP contribution in [-0.4, -0.2) is 17.4 Å². The Balaban J connectivity index is 1.97. The molecule has 0 atom stereocenters. The summed E-state index contributed by atoms with van der Waals surface area (Å²) in [6.45, 7) is 1.46. The van der Waals surface area contributed by atoms with Crippen molar-refractivity contribution in [3.05, 3.63) is 58.1 Å². The second kappa shape index (κ2) is 7.68. The Bertz CT molecular complexity index is 702. The molecule has 0 aromatic heterocycles. The summed E-state index contributed by atoms with van der Waals surface area (Å²) in [5.41, 5.74) is 1.19. The number of hydrogen-bond acceptors (Lipinski definition) is 3. The van der Waals surface area contributed by atoms with Crippen molar-refractivity contribution in [1.82, 2.24) is 0 Å². The minimum atomic E-state index is -0.118. The van der Waals surface area contributed by atoms with Crippen LogP contribution in [0.1, 0.15) is 17.3 Å². The number of anilines is 1. The van der Waals surface area contributed by atoms with Crippen molar-refractivity contribution in [1.29, 1.82) is 0 Å². The maximum absolute atomic E-state index is 12.2. The maximum atomic E-state index is 12.2. The average molecular weight is 354 g/mol. The van der Waals surface area contributed by atoms with Crippen LogP contribution >= 0.6 is 35.0 Å². The van der Waals surface area contributed by atoms with Gasteiger partial charge >= 0.3 is 0 Å². The van der Waals surface area contributed by atoms with Crippen molar-refractivity contribution >= 4 is 52.3 Å². The first-order valence-electron chi connectivity index (χ1n) is 6.44. The monoisotopic (exact) mass is 353 g/mol. The largest absolute Gasteiger partial charge is 0.326 e. The number of nitrogens with one attached hydrogen (secondary N) is 1. The number of Topliss-reactive ketones (excluding diaryl/α,β-unsaturated/α-hetero) is 1. The van der Waals surface area contributed by atoms with Crippen LogP contribution in [-0.2, 0) is 4.79 Å². The van der Waals surface area contributed by atoms with E-state index in [-0.39, 0.29) is 17.4 Å². The van der Waals surface area contributed by atoms with Gasteiger partial charge < -0.3 is 5.32 Å². The lowest BCUT2D eigenvalue weighted by Gasteiger charge is -2.06. The summed E-state index contributed by atoms with van der Waals surface area (Å²) >= 11 is 13.2. The van der Waals surface area contributed by atoms with Gasteiger partial charge in [0.2, 0.25) is 5.91 Å². The number of thioether (sulfide) groups is 1. The third-order valence-electron chi connectivity index (χ3n) is 2.78. The van der Waals surface area contributed by atoms with Crippen LogP contribution in [0.2, 0.25) is 10.0 Å². The van der Waals surface area contributed by atoms with Crippen molar-refractivity contribution in [2.24, 2.45) is 0 Å². The predicted octanol–water partition coefficient (Wildman–Crippen LogP) is 4.93. The summed E-state index contributed by atoms with van der Waals surface area (Å²) in [4.78, 5) is 24.0. The van der Waals surface area contributed by atoms with Gasteiger partial charge in [-0.15, -0.1) is 11.8 Å². The molecule has 0 heterocycles. The number of carbonyl (C=O) groups excluding carboxylic acids is 2. The molecule has 6 heteroatoms. The van der Waals surface area contributed by atoms with Crippen LogP contribution in [0, 0.1) is 0 Å². The average Bonchev–Trinajstić information content (AvgIpc) is 2.45. The molecule has 0 saturated carbocycles. The summed E-state index contributed by atoms with van der Waals surface area (Å²) in [6, 6.07) is 12.1. The number of ketones is 1. The van der Waals surface area contributed by atoms with Gasteiger partial charge in [-0.2, -0.15) is 0 Å². The van der Waals surface area contributed by atoms with Crippen LogP contribution in [0.15, 0.2) is 47.4 Å². The van der Waals surface area contributed by atoms with Crippen molar-refractivity contribution in [2.75, 3.05) is 11.1 Å². The zero-order chi connectivity index (χ0) is 16.1. The van der Waals surface area contributed by atoms with E-state index in [9.17, 15) is 9.59 Å². The smallest absolute Gasteiger partial charge is 0.221 e. The normalized spacial score (nSPS) is 10.3. The van der Waals surface area contributed by atoms with Gasteiger partial charge in [-0.25, -0.2) is 0 Å². The highest BCUT2D eigenvalue weighted by Crippen LogP contribution is 2.25. The third-order valence-corrected chi connectivity index (χ3v) is 4.34. The van der Waals surface area contributed by atoms with Crippen LogP contribution in [0.25, 0.3) is 0 Å². The lowest BCUT2D eigenvalue weighted by Crippen LogP contribution is -2.05. The van der Waals surface area contributed by atoms with Crippen molar-refractivity contribution in [3.63, 3.8) is 0 Å². The molecule has 0 aliphatic rings. The van der Waals surface area contributed by atoms with E-state index in [0.717, 1.165) is 10.6 Å². The molecular weight excluding hydrogens is 341 g/mol. The molecule has 22 heavy (non-hydrogen) atoms. The van der Waals surface area contributed by atoms with Crippen molar-refractivity contribution < 1.29 is 9.59 Å². The molecule has 114 valence electrons. The number of amides is 1. The molecule has 1 N–H and O–H groups in total. The fourth-order valence-electron chi connectivity index (χ4n) is 1.78. The van der Waals surface area contributed by atoms with E-state index in [0.29, 0.717) is 15.6 Å². The van der Waals surface area contributed by atoms with Crippen molar-refractivity contribution in [3.8, 4) is 0 Å². The molecular formula is C16H13Cl2NO2S. The lowest BCUT2D eigenvalue weighted by molar-refractivity contribution is -0.114. The van der Waals surface area contributed by atoms with Gasteiger partial charge in [-0.05, 0) is 42.5 Å². The van der Waals surface area contributed by atoms with E-state index in [1.54, 1.807) is 30.3 Å². The van der Waals surface area contributed by atoms with E-state index in [4.69, 9.17) is 23.2 Å². The second-order valence-electron chi connectivity index (χ2n) is 4.54. The highest BCUT2D eigenvalue weighted by molar-refractivity contribution is 8.00. The number of benzene rings is 2. The van der Waals surface area contributed by atoms with E-state index < -0.39 is 0 Å². The van der Waals surface area contributed by atoms with Gasteiger partial charge in [0, 0.05) is 28.1 Å². The molecule has 0 aliphatic heterocycles. The van der Waals surface area contributed by atoms with Crippen LogP contribution in [0.3, 0.4) is 0 Å². The van der Waals surface area contributed by atoms with Gasteiger partial charge in [0.25, 0.3) is 0 Å². The Kier molecular flexibility index (Phi) is 5.89. The molecule has 0 radical (unpaired) electrons. The quantitative estimate of drug-likeness (QED) is 0.612. The van der Waals surface area contributed by atoms with E-state index in [1.807, 2.05) is 12.1 Å². The Labute approximate surface area is 143 Å². The highest BCUT2D eigenvalue weighted by atomic mass is 35.5. The number of carbonyl (C=O) groups is 2. The van der Waals surface area contributed by atoms with Crippen molar-refractivity contribution in [2.45, 2.75) is 11.8 Å². The van der Waals surface area contributed by atoms with Gasteiger partial charge in [-0.3, -0.25) is 9.59 Å². The molecule has 0 aliphatic carbocycles. The second-order valence-corrected chi connectivity index (χ2v) is 6.43. The maximum Gasteiger partial charge on any atom is 0.221 e. The Hall–Kier alpha value is -1.49. The summed E-state index contributed by atoms with van der Waals surface area (Å²) < 4.78 is 0. The third kappa shape index (κ3) is 4.77. The van der Waals surface area contributed by atoms with Crippen LogP contribution in [0.5, 0.6) is 0 Å². The van der Waals surface area contributed by atoms with Gasteiger partial charge in [-0.1, -0.05) is 23.2 Å². The fourth-order valence-corrected chi connectivity index (χ4v) is 3.08. The Morgan fingerprint density at radius 3 is 2.36 bits per heavy atom. The number of hydrogen-bond donors (Lipinski definition) is 1. The first-order valence-corrected chi connectivity index (χ1v) is 8.18. The standard InChI is InChI=1S/C16H13Cl2NO2S/c1-10(20)19-12-3-5-13(6-4-12)22-9-16(21)14-7-2-11(17)8-15(14)18/h2-8H,9H2,1H3,(H,19,20). The van der Waals surface area contributed by atoms with Gasteiger partial charge in [0.05, 0.1) is 10.8 Å². The minimum Gasteiger partial charge on any atom is -0.326 e. The first kappa shape index (κ1) is 16.9. The molecule has 0 saturated heterocycles. The number of halogens is 2. The van der Waals surface area contributed by atoms with E-state index in [2.05, 4.69) is 5.32 Å². The number of rotatable bonds is 5. The van der Waals surface area contributed by atoms with E-state index >= 15 is 0 Å². The first-order chi connectivity index (χ1) is 10.5. The molecule has 2 rings (SSSR count). The predicted molar refractivity (Wildman–Crippen MR) is 92.3 cm³/mol. The summed E-state index contributed by atoms with van der Waals surface area (Å²) in [5.74, 6) is 0.103. The topological polar surface area (TPSA) is 46.2 Å².